The minimum Gasteiger partial charge on any atom is -0.494 e. The molecule has 0 aliphatic carbocycles. The van der Waals surface area contributed by atoms with E-state index in [1.54, 1.807) is 43.6 Å². The number of hydrogen-bond acceptors (Lipinski definition) is 5. The largest absolute Gasteiger partial charge is 0.494 e. The number of hydrogen-bond donors (Lipinski definition) is 0. The van der Waals surface area contributed by atoms with Gasteiger partial charge in [0.25, 0.3) is 0 Å². The molecule has 3 aromatic rings. The molecule has 2 atom stereocenters. The second kappa shape index (κ2) is 16.0. The van der Waals surface area contributed by atoms with E-state index < -0.39 is 17.8 Å². The van der Waals surface area contributed by atoms with Crippen LogP contribution in [0.4, 0.5) is 8.78 Å². The van der Waals surface area contributed by atoms with Crippen molar-refractivity contribution >= 4 is 5.97 Å². The van der Waals surface area contributed by atoms with Crippen molar-refractivity contribution in [2.24, 2.45) is 0 Å². The van der Waals surface area contributed by atoms with Gasteiger partial charge in [0.2, 0.25) is 5.67 Å². The summed E-state index contributed by atoms with van der Waals surface area (Å²) in [7, 11) is 0. The average molecular weight is 553 g/mol. The second-order valence-electron chi connectivity index (χ2n) is 10.6. The maximum Gasteiger partial charge on any atom is 0.348 e. The van der Waals surface area contributed by atoms with E-state index in [2.05, 4.69) is 16.9 Å². The fraction of sp³-hybridized carbons (Fsp3) is 0.485. The molecule has 5 nitrogen and oxygen atoms in total. The van der Waals surface area contributed by atoms with Gasteiger partial charge in [-0.15, -0.1) is 0 Å². The Bertz CT molecular complexity index is 1150. The molecule has 0 N–H and O–H groups in total. The van der Waals surface area contributed by atoms with Crippen LogP contribution in [-0.4, -0.2) is 34.4 Å². The third-order valence-corrected chi connectivity index (χ3v) is 6.85. The van der Waals surface area contributed by atoms with Crippen LogP contribution in [0.15, 0.2) is 60.9 Å². The molecule has 1 heterocycles. The fourth-order valence-corrected chi connectivity index (χ4v) is 4.33. The van der Waals surface area contributed by atoms with Crippen LogP contribution < -0.4 is 9.47 Å². The Hall–Kier alpha value is -3.35. The lowest BCUT2D eigenvalue weighted by Gasteiger charge is -2.18. The third kappa shape index (κ3) is 10.3. The molecule has 1 aromatic heterocycles. The average Bonchev–Trinajstić information content (AvgIpc) is 2.95. The number of carbonyl (C=O) groups excluding carboxylic acids is 1. The first kappa shape index (κ1) is 31.2. The van der Waals surface area contributed by atoms with Crippen molar-refractivity contribution in [3.8, 4) is 34.0 Å². The molecule has 2 aromatic carbocycles. The van der Waals surface area contributed by atoms with Gasteiger partial charge in [-0.2, -0.15) is 0 Å². The van der Waals surface area contributed by atoms with E-state index in [4.69, 9.17) is 9.47 Å². The van der Waals surface area contributed by atoms with E-state index in [0.29, 0.717) is 37.4 Å². The van der Waals surface area contributed by atoms with Gasteiger partial charge in [0, 0.05) is 23.5 Å². The van der Waals surface area contributed by atoms with Crippen molar-refractivity contribution in [3.63, 3.8) is 0 Å². The standard InChI is InChI=1S/C33H42F2N2O3/c1-4-5-6-7-8-9-10-21-33(3,35)32(38)40-30-19-13-26(14-20-30)28-23-36-31(37-24-28)27-15-17-29(18-16-27)39-22-11-12-25(2)34/h13-20,23-25H,4-12,21-22H2,1-3H3/t25-,33-/m0/s1. The Kier molecular flexibility index (Phi) is 12.5. The molecule has 0 radical (unpaired) electrons. The van der Waals surface area contributed by atoms with Gasteiger partial charge in [0.15, 0.2) is 5.82 Å². The summed E-state index contributed by atoms with van der Waals surface area (Å²) in [6, 6.07) is 14.4. The van der Waals surface area contributed by atoms with Gasteiger partial charge in [0.05, 0.1) is 12.8 Å². The molecule has 216 valence electrons. The fourth-order valence-electron chi connectivity index (χ4n) is 4.33. The number of alkyl halides is 2. The van der Waals surface area contributed by atoms with E-state index >= 15 is 0 Å². The summed E-state index contributed by atoms with van der Waals surface area (Å²) in [4.78, 5) is 21.4. The van der Waals surface area contributed by atoms with Gasteiger partial charge >= 0.3 is 5.97 Å². The second-order valence-corrected chi connectivity index (χ2v) is 10.6. The molecular formula is C33H42F2N2O3. The van der Waals surface area contributed by atoms with Crippen LogP contribution in [0.25, 0.3) is 22.5 Å². The first-order valence-corrected chi connectivity index (χ1v) is 14.5. The predicted octanol–water partition coefficient (Wildman–Crippen LogP) is 9.10. The number of aromatic nitrogens is 2. The summed E-state index contributed by atoms with van der Waals surface area (Å²) >= 11 is 0. The van der Waals surface area contributed by atoms with Gasteiger partial charge in [0.1, 0.15) is 11.5 Å². The molecule has 0 saturated heterocycles. The van der Waals surface area contributed by atoms with Crippen molar-refractivity contribution in [2.75, 3.05) is 6.61 Å². The molecule has 3 rings (SSSR count). The lowest BCUT2D eigenvalue weighted by atomic mass is 9.99. The number of rotatable bonds is 17. The van der Waals surface area contributed by atoms with Crippen molar-refractivity contribution < 1.29 is 23.0 Å². The maximum absolute atomic E-state index is 14.9. The van der Waals surface area contributed by atoms with Gasteiger partial charge in [-0.05, 0) is 81.5 Å². The highest BCUT2D eigenvalue weighted by Gasteiger charge is 2.34. The van der Waals surface area contributed by atoms with Crippen LogP contribution in [-0.2, 0) is 4.79 Å². The summed E-state index contributed by atoms with van der Waals surface area (Å²) in [5.74, 6) is 0.745. The van der Waals surface area contributed by atoms with Crippen LogP contribution in [0.5, 0.6) is 11.5 Å². The van der Waals surface area contributed by atoms with E-state index in [1.165, 1.54) is 26.2 Å². The number of esters is 1. The van der Waals surface area contributed by atoms with Crippen LogP contribution in [0, 0.1) is 0 Å². The highest BCUT2D eigenvalue weighted by Crippen LogP contribution is 2.27. The van der Waals surface area contributed by atoms with Gasteiger partial charge in [-0.25, -0.2) is 23.5 Å². The van der Waals surface area contributed by atoms with Gasteiger partial charge < -0.3 is 9.47 Å². The van der Waals surface area contributed by atoms with Crippen molar-refractivity contribution in [2.45, 2.75) is 96.8 Å². The Balaban J connectivity index is 1.48. The highest BCUT2D eigenvalue weighted by atomic mass is 19.1. The quantitative estimate of drug-likeness (QED) is 0.0949. The molecule has 0 aliphatic rings. The Labute approximate surface area is 237 Å². The molecule has 0 amide bonds. The van der Waals surface area contributed by atoms with Gasteiger partial charge in [-0.3, -0.25) is 0 Å². The summed E-state index contributed by atoms with van der Waals surface area (Å²) in [5, 5.41) is 0. The smallest absolute Gasteiger partial charge is 0.348 e. The predicted molar refractivity (Wildman–Crippen MR) is 156 cm³/mol. The maximum atomic E-state index is 14.9. The van der Waals surface area contributed by atoms with Crippen molar-refractivity contribution in [1.29, 1.82) is 0 Å². The first-order valence-electron chi connectivity index (χ1n) is 14.5. The molecule has 0 bridgehead atoms. The monoisotopic (exact) mass is 552 g/mol. The van der Waals surface area contributed by atoms with Crippen LogP contribution in [0.3, 0.4) is 0 Å². The Morgan fingerprint density at radius 2 is 1.40 bits per heavy atom. The van der Waals surface area contributed by atoms with Crippen LogP contribution >= 0.6 is 0 Å². The molecule has 0 unspecified atom stereocenters. The molecule has 0 aliphatic heterocycles. The normalized spacial score (nSPS) is 13.4. The molecule has 0 fully saturated rings. The lowest BCUT2D eigenvalue weighted by Crippen LogP contribution is -2.34. The Morgan fingerprint density at radius 1 is 0.825 bits per heavy atom. The topological polar surface area (TPSA) is 61.3 Å². The zero-order chi connectivity index (χ0) is 28.8. The lowest BCUT2D eigenvalue weighted by molar-refractivity contribution is -0.147. The van der Waals surface area contributed by atoms with Crippen LogP contribution in [0.1, 0.15) is 85.0 Å². The number of nitrogens with zero attached hydrogens (tertiary/aromatic N) is 2. The molecule has 40 heavy (non-hydrogen) atoms. The minimum atomic E-state index is -2.01. The van der Waals surface area contributed by atoms with Gasteiger partial charge in [-0.1, -0.05) is 57.6 Å². The van der Waals surface area contributed by atoms with E-state index in [-0.39, 0.29) is 6.42 Å². The zero-order valence-electron chi connectivity index (χ0n) is 24.0. The van der Waals surface area contributed by atoms with E-state index in [9.17, 15) is 13.6 Å². The van der Waals surface area contributed by atoms with E-state index in [0.717, 1.165) is 41.7 Å². The number of carbonyl (C=O) groups is 1. The molecule has 0 spiro atoms. The molecular weight excluding hydrogens is 510 g/mol. The summed E-state index contributed by atoms with van der Waals surface area (Å²) in [5.41, 5.74) is 0.496. The summed E-state index contributed by atoms with van der Waals surface area (Å²) < 4.78 is 38.8. The van der Waals surface area contributed by atoms with E-state index in [1.807, 2.05) is 24.3 Å². The number of benzene rings is 2. The Morgan fingerprint density at radius 3 is 2.02 bits per heavy atom. The van der Waals surface area contributed by atoms with Crippen molar-refractivity contribution in [3.05, 3.63) is 60.9 Å². The molecule has 0 saturated carbocycles. The number of unbranched alkanes of at least 4 members (excludes halogenated alkanes) is 6. The highest BCUT2D eigenvalue weighted by molar-refractivity contribution is 5.81. The third-order valence-electron chi connectivity index (χ3n) is 6.85. The summed E-state index contributed by atoms with van der Waals surface area (Å²) in [6.07, 6.45) is 11.4. The first-order chi connectivity index (χ1) is 19.3. The van der Waals surface area contributed by atoms with Crippen molar-refractivity contribution in [1.82, 2.24) is 9.97 Å². The number of halogens is 2. The minimum absolute atomic E-state index is 0.164. The SMILES string of the molecule is CCCCCCCCC[C@](C)(F)C(=O)Oc1ccc(-c2cnc(-c3ccc(OCCC[C@H](C)F)cc3)nc2)cc1. The summed E-state index contributed by atoms with van der Waals surface area (Å²) in [6.45, 7) is 5.51. The van der Waals surface area contributed by atoms with Crippen LogP contribution in [0.2, 0.25) is 0 Å². The molecule has 7 heteroatoms. The zero-order valence-corrected chi connectivity index (χ0v) is 24.0. The number of ether oxygens (including phenoxy) is 2.